The van der Waals surface area contributed by atoms with E-state index in [4.69, 9.17) is 34.8 Å². The zero-order valence-corrected chi connectivity index (χ0v) is 11.7. The Kier molecular flexibility index (Phi) is 3.27. The molecule has 0 amide bonds. The minimum atomic E-state index is 0.484. The minimum Gasteiger partial charge on any atom is -0.276 e. The van der Waals surface area contributed by atoms with Crippen LogP contribution in [0.3, 0.4) is 0 Å². The van der Waals surface area contributed by atoms with Crippen molar-refractivity contribution in [2.24, 2.45) is 16.9 Å². The number of fused-ring (bicyclic) bond motifs is 1. The second-order valence-corrected chi connectivity index (χ2v) is 5.85. The van der Waals surface area contributed by atoms with Crippen LogP contribution in [0.15, 0.2) is 29.4 Å². The molecule has 0 unspecified atom stereocenters. The highest BCUT2D eigenvalue weighted by Gasteiger charge is 2.37. The molecule has 2 nitrogen and oxygen atoms in total. The van der Waals surface area contributed by atoms with Crippen molar-refractivity contribution >= 4 is 46.2 Å². The van der Waals surface area contributed by atoms with Gasteiger partial charge in [0.2, 0.25) is 0 Å². The lowest BCUT2D eigenvalue weighted by molar-refractivity contribution is 0.466. The fraction of sp³-hybridized carbons (Fsp3) is 0.308. The highest BCUT2D eigenvalue weighted by atomic mass is 35.5. The van der Waals surface area contributed by atoms with Crippen LogP contribution in [0.5, 0.6) is 0 Å². The number of halogens is 3. The molecule has 0 saturated heterocycles. The number of anilines is 1. The number of nitrogens with one attached hydrogen (secondary N) is 1. The van der Waals surface area contributed by atoms with E-state index in [9.17, 15) is 0 Å². The number of rotatable bonds is 2. The summed E-state index contributed by atoms with van der Waals surface area (Å²) in [5.41, 5.74) is 4.76. The summed E-state index contributed by atoms with van der Waals surface area (Å²) in [4.78, 5) is 0. The van der Waals surface area contributed by atoms with Crippen molar-refractivity contribution in [1.82, 2.24) is 0 Å². The highest BCUT2D eigenvalue weighted by Crippen LogP contribution is 2.41. The quantitative estimate of drug-likeness (QED) is 0.602. The van der Waals surface area contributed by atoms with Gasteiger partial charge in [-0.2, -0.15) is 5.10 Å². The number of benzene rings is 1. The van der Waals surface area contributed by atoms with Crippen molar-refractivity contribution in [3.8, 4) is 0 Å². The number of hydrogen-bond donors (Lipinski definition) is 1. The zero-order chi connectivity index (χ0) is 12.7. The molecular weight excluding hydrogens is 291 g/mol. The molecule has 5 heteroatoms. The molecule has 2 aliphatic carbocycles. The summed E-state index contributed by atoms with van der Waals surface area (Å²) in [7, 11) is 0. The molecule has 1 aromatic rings. The van der Waals surface area contributed by atoms with Gasteiger partial charge in [-0.05, 0) is 30.9 Å². The molecule has 1 N–H and O–H groups in total. The molecule has 18 heavy (non-hydrogen) atoms. The van der Waals surface area contributed by atoms with Gasteiger partial charge >= 0.3 is 0 Å². The fourth-order valence-electron chi connectivity index (χ4n) is 2.44. The zero-order valence-electron chi connectivity index (χ0n) is 9.46. The second kappa shape index (κ2) is 4.76. The standard InChI is InChI=1S/C13H11Cl3N2/c14-8-5-10(15)13(11(16)6-8)18-17-12-4-7-2-1-3-9(7)12/h1-2,5-7,9,18H,3-4H2/b17-12-/t7-,9+/m1/s1. The monoisotopic (exact) mass is 300 g/mol. The van der Waals surface area contributed by atoms with Crippen molar-refractivity contribution in [2.45, 2.75) is 12.8 Å². The Morgan fingerprint density at radius 1 is 1.17 bits per heavy atom. The van der Waals surface area contributed by atoms with Gasteiger partial charge in [-0.15, -0.1) is 0 Å². The Hall–Kier alpha value is -0.700. The molecular formula is C13H11Cl3N2. The molecule has 0 spiro atoms. The average Bonchev–Trinajstić information content (AvgIpc) is 2.63. The van der Waals surface area contributed by atoms with E-state index in [-0.39, 0.29) is 0 Å². The van der Waals surface area contributed by atoms with Crippen LogP contribution in [0.1, 0.15) is 12.8 Å². The molecule has 0 heterocycles. The minimum absolute atomic E-state index is 0.484. The summed E-state index contributed by atoms with van der Waals surface area (Å²) in [6, 6.07) is 3.30. The van der Waals surface area contributed by atoms with Gasteiger partial charge in [0.1, 0.15) is 0 Å². The molecule has 3 rings (SSSR count). The molecule has 0 bridgehead atoms. The Labute approximate surface area is 121 Å². The van der Waals surface area contributed by atoms with Crippen LogP contribution in [-0.2, 0) is 0 Å². The molecule has 0 aromatic heterocycles. The topological polar surface area (TPSA) is 24.4 Å². The first-order chi connectivity index (χ1) is 8.65. The summed E-state index contributed by atoms with van der Waals surface area (Å²) in [5.74, 6) is 1.25. The first kappa shape index (κ1) is 12.3. The number of allylic oxidation sites excluding steroid dienone is 2. The van der Waals surface area contributed by atoms with E-state index in [1.165, 1.54) is 5.71 Å². The number of hydrogen-bond acceptors (Lipinski definition) is 2. The number of nitrogens with zero attached hydrogens (tertiary/aromatic N) is 1. The van der Waals surface area contributed by atoms with Crippen molar-refractivity contribution in [1.29, 1.82) is 0 Å². The van der Waals surface area contributed by atoms with Crippen LogP contribution < -0.4 is 5.43 Å². The van der Waals surface area contributed by atoms with Crippen LogP contribution in [0.4, 0.5) is 5.69 Å². The normalized spacial score (nSPS) is 27.2. The summed E-state index contributed by atoms with van der Waals surface area (Å²) in [6.45, 7) is 0. The van der Waals surface area contributed by atoms with Gasteiger partial charge in [0.25, 0.3) is 0 Å². The van der Waals surface area contributed by atoms with Gasteiger partial charge in [0, 0.05) is 16.7 Å². The molecule has 0 aliphatic heterocycles. The van der Waals surface area contributed by atoms with Crippen LogP contribution in [0.2, 0.25) is 15.1 Å². The highest BCUT2D eigenvalue weighted by molar-refractivity contribution is 6.41. The lowest BCUT2D eigenvalue weighted by atomic mass is 9.74. The molecule has 1 aromatic carbocycles. The maximum absolute atomic E-state index is 6.08. The third-order valence-electron chi connectivity index (χ3n) is 3.48. The summed E-state index contributed by atoms with van der Waals surface area (Å²) in [5, 5.41) is 5.90. The Morgan fingerprint density at radius 2 is 1.89 bits per heavy atom. The van der Waals surface area contributed by atoms with E-state index in [0.29, 0.717) is 32.6 Å². The van der Waals surface area contributed by atoms with Gasteiger partial charge in [-0.3, -0.25) is 5.43 Å². The third kappa shape index (κ3) is 2.13. The molecule has 1 fully saturated rings. The van der Waals surface area contributed by atoms with Gasteiger partial charge in [0.15, 0.2) is 0 Å². The van der Waals surface area contributed by atoms with E-state index in [0.717, 1.165) is 12.8 Å². The first-order valence-corrected chi connectivity index (χ1v) is 6.92. The summed E-state index contributed by atoms with van der Waals surface area (Å²) in [6.07, 6.45) is 6.61. The largest absolute Gasteiger partial charge is 0.276 e. The van der Waals surface area contributed by atoms with E-state index < -0.39 is 0 Å². The van der Waals surface area contributed by atoms with E-state index >= 15 is 0 Å². The predicted octanol–water partition coefficient (Wildman–Crippen LogP) is 5.01. The molecule has 0 radical (unpaired) electrons. The van der Waals surface area contributed by atoms with Crippen molar-refractivity contribution in [2.75, 3.05) is 5.43 Å². The number of hydrazone groups is 1. The van der Waals surface area contributed by atoms with Crippen LogP contribution in [0, 0.1) is 11.8 Å². The Morgan fingerprint density at radius 3 is 2.56 bits per heavy atom. The fourth-order valence-corrected chi connectivity index (χ4v) is 3.34. The van der Waals surface area contributed by atoms with Crippen molar-refractivity contribution < 1.29 is 0 Å². The summed E-state index contributed by atoms with van der Waals surface area (Å²) >= 11 is 18.0. The molecule has 2 aliphatic rings. The molecule has 2 atom stereocenters. The van der Waals surface area contributed by atoms with E-state index in [1.54, 1.807) is 12.1 Å². The first-order valence-electron chi connectivity index (χ1n) is 5.79. The molecule has 94 valence electrons. The van der Waals surface area contributed by atoms with E-state index in [2.05, 4.69) is 22.7 Å². The van der Waals surface area contributed by atoms with Gasteiger partial charge in [-0.1, -0.05) is 47.0 Å². The van der Waals surface area contributed by atoms with Gasteiger partial charge in [0.05, 0.1) is 15.7 Å². The van der Waals surface area contributed by atoms with Gasteiger partial charge < -0.3 is 0 Å². The average molecular weight is 302 g/mol. The summed E-state index contributed by atoms with van der Waals surface area (Å²) < 4.78 is 0. The predicted molar refractivity (Wildman–Crippen MR) is 77.9 cm³/mol. The lowest BCUT2D eigenvalue weighted by Gasteiger charge is -2.32. The Bertz CT molecular complexity index is 528. The van der Waals surface area contributed by atoms with Crippen LogP contribution in [0.25, 0.3) is 0 Å². The Balaban J connectivity index is 1.76. The van der Waals surface area contributed by atoms with Crippen LogP contribution in [-0.4, -0.2) is 5.71 Å². The van der Waals surface area contributed by atoms with Gasteiger partial charge in [-0.25, -0.2) is 0 Å². The maximum Gasteiger partial charge on any atom is 0.0935 e. The lowest BCUT2D eigenvalue weighted by Crippen LogP contribution is -2.33. The van der Waals surface area contributed by atoms with Crippen molar-refractivity contribution in [3.05, 3.63) is 39.4 Å². The van der Waals surface area contributed by atoms with E-state index in [1.807, 2.05) is 0 Å². The smallest absolute Gasteiger partial charge is 0.0935 e. The SMILES string of the molecule is Clc1cc(Cl)c(N/N=C2/C[C@H]3C=CC[C@H]23)c(Cl)c1. The second-order valence-electron chi connectivity index (χ2n) is 4.60. The maximum atomic E-state index is 6.08. The van der Waals surface area contributed by atoms with Crippen LogP contribution >= 0.6 is 34.8 Å². The van der Waals surface area contributed by atoms with Crippen molar-refractivity contribution in [3.63, 3.8) is 0 Å². The third-order valence-corrected chi connectivity index (χ3v) is 4.30. The molecule has 1 saturated carbocycles.